The van der Waals surface area contributed by atoms with Crippen molar-refractivity contribution in [2.45, 2.75) is 26.7 Å². The van der Waals surface area contributed by atoms with Crippen LogP contribution in [0.3, 0.4) is 0 Å². The first kappa shape index (κ1) is 12.3. The molecule has 0 saturated carbocycles. The quantitative estimate of drug-likeness (QED) is 0.588. The fourth-order valence-electron chi connectivity index (χ4n) is 1.04. The number of hydrogen-bond acceptors (Lipinski definition) is 0. The first-order valence-corrected chi connectivity index (χ1v) is 6.84. The number of aromatic nitrogens is 2. The Balaban J connectivity index is 0.00000121. The van der Waals surface area contributed by atoms with Gasteiger partial charge >= 0.3 is 76.9 Å². The maximum Gasteiger partial charge on any atom is -1.00 e. The molecule has 0 bridgehead atoms. The summed E-state index contributed by atoms with van der Waals surface area (Å²) in [7, 11) is 5.86. The number of aryl methyl sites for hydroxylation is 2. The number of H-pyrrole nitrogens is 2. The third-order valence-electron chi connectivity index (χ3n) is 1.70. The van der Waals surface area contributed by atoms with Crippen LogP contribution < -0.4 is 22.0 Å². The summed E-state index contributed by atoms with van der Waals surface area (Å²) in [4.78, 5) is 0. The van der Waals surface area contributed by atoms with Gasteiger partial charge in [0.05, 0.1) is 0 Å². The van der Waals surface area contributed by atoms with E-state index in [-0.39, 0.29) is 26.5 Å². The summed E-state index contributed by atoms with van der Waals surface area (Å²) in [5, 5.41) is 6.26. The van der Waals surface area contributed by atoms with Crippen LogP contribution in [0.1, 0.15) is 25.2 Å². The molecule has 0 amide bonds. The number of aromatic amines is 2. The Hall–Kier alpha value is 0.309. The van der Waals surface area contributed by atoms with Gasteiger partial charge in [-0.3, -0.25) is 0 Å². The second-order valence-electron chi connectivity index (χ2n) is 2.32. The Kier molecular flexibility index (Phi) is 6.02. The molecule has 0 aliphatic rings. The van der Waals surface area contributed by atoms with Crippen molar-refractivity contribution < 1.29 is 17.5 Å². The first-order chi connectivity index (χ1) is 5.33. The Morgan fingerprint density at radius 1 is 1.42 bits per heavy atom. The van der Waals surface area contributed by atoms with E-state index in [9.17, 15) is 0 Å². The summed E-state index contributed by atoms with van der Waals surface area (Å²) in [5.41, 5.74) is 2.52. The van der Waals surface area contributed by atoms with Crippen molar-refractivity contribution in [1.29, 1.82) is 0 Å². The average Bonchev–Trinajstić information content (AvgIpc) is 2.45. The summed E-state index contributed by atoms with van der Waals surface area (Å²) in [5.74, 6) is 0. The van der Waals surface area contributed by atoms with Crippen molar-refractivity contribution in [1.82, 2.24) is 5.10 Å². The minimum absolute atomic E-state index is 0. The van der Waals surface area contributed by atoms with Crippen LogP contribution in [0.15, 0.2) is 0 Å². The molecule has 0 saturated heterocycles. The molecule has 12 heavy (non-hydrogen) atoms. The van der Waals surface area contributed by atoms with Gasteiger partial charge in [-0.2, -0.15) is 0 Å². The van der Waals surface area contributed by atoms with Crippen LogP contribution in [0.4, 0.5) is 0 Å². The van der Waals surface area contributed by atoms with Crippen LogP contribution in [0.5, 0.6) is 0 Å². The number of halogens is 2. The minimum atomic E-state index is 0. The van der Waals surface area contributed by atoms with Crippen molar-refractivity contribution >= 4 is 28.6 Å². The van der Waals surface area contributed by atoms with Gasteiger partial charge in [0.15, 0.2) is 0 Å². The molecule has 0 unspecified atom stereocenters. The Morgan fingerprint density at radius 3 is 2.50 bits per heavy atom. The molecule has 0 aliphatic heterocycles. The molecule has 1 rings (SSSR count). The molecule has 0 fully saturated rings. The van der Waals surface area contributed by atoms with Crippen LogP contribution in [-0.4, -0.2) is 19.1 Å². The van der Waals surface area contributed by atoms with Crippen LogP contribution in [0.2, 0.25) is 0 Å². The summed E-state index contributed by atoms with van der Waals surface area (Å²) in [6.45, 7) is 4.26. The molecule has 0 atom stereocenters. The molecule has 0 spiro atoms. The SMILES string of the molecule is CCc1[nH][nH+]c(CC)c1[Se]Cl.[Cl-]. The van der Waals surface area contributed by atoms with Gasteiger partial charge < -0.3 is 12.4 Å². The minimum Gasteiger partial charge on any atom is -1.00 e. The smallest absolute Gasteiger partial charge is 1.00 e. The molecular formula is C7H12Cl2N2Se. The van der Waals surface area contributed by atoms with Crippen molar-refractivity contribution in [3.63, 3.8) is 0 Å². The van der Waals surface area contributed by atoms with Crippen molar-refractivity contribution in [2.24, 2.45) is 0 Å². The molecule has 70 valence electrons. The predicted octanol–water partition coefficient (Wildman–Crippen LogP) is -2.56. The van der Waals surface area contributed by atoms with Gasteiger partial charge in [0, 0.05) is 0 Å². The van der Waals surface area contributed by atoms with Crippen molar-refractivity contribution in [3.8, 4) is 0 Å². The number of hydrogen-bond donors (Lipinski definition) is 1. The Bertz CT molecular complexity index is 216. The van der Waals surface area contributed by atoms with Crippen molar-refractivity contribution in [3.05, 3.63) is 11.4 Å². The van der Waals surface area contributed by atoms with E-state index in [4.69, 9.17) is 10.1 Å². The predicted molar refractivity (Wildman–Crippen MR) is 47.3 cm³/mol. The molecular weight excluding hydrogens is 262 g/mol. The maximum absolute atomic E-state index is 5.86. The standard InChI is InChI=1S/C7H11ClN2Se.ClH/c1-3-5-7(11-8)6(4-2)10-9-5;/h3-4H2,1-2H3,(H,9,10);1H. The summed E-state index contributed by atoms with van der Waals surface area (Å²) >= 11 is 0.0905. The van der Waals surface area contributed by atoms with Crippen LogP contribution >= 0.6 is 10.1 Å². The van der Waals surface area contributed by atoms with Gasteiger partial charge in [-0.1, -0.05) is 0 Å². The number of nitrogens with one attached hydrogen (secondary N) is 2. The average molecular weight is 274 g/mol. The van der Waals surface area contributed by atoms with Gasteiger partial charge in [-0.25, -0.2) is 0 Å². The normalized spacial score (nSPS) is 9.58. The fraction of sp³-hybridized carbons (Fsp3) is 0.571. The van der Waals surface area contributed by atoms with E-state index in [1.165, 1.54) is 15.8 Å². The molecule has 0 aliphatic carbocycles. The molecule has 5 heteroatoms. The third kappa shape index (κ3) is 2.40. The summed E-state index contributed by atoms with van der Waals surface area (Å²) < 4.78 is 1.31. The second kappa shape index (κ2) is 5.87. The molecule has 1 heterocycles. The van der Waals surface area contributed by atoms with E-state index in [1.807, 2.05) is 0 Å². The van der Waals surface area contributed by atoms with Gasteiger partial charge in [0.2, 0.25) is 0 Å². The first-order valence-electron chi connectivity index (χ1n) is 3.73. The second-order valence-corrected chi connectivity index (χ2v) is 4.30. The Morgan fingerprint density at radius 2 is 2.08 bits per heavy atom. The van der Waals surface area contributed by atoms with E-state index in [2.05, 4.69) is 24.0 Å². The van der Waals surface area contributed by atoms with Gasteiger partial charge in [-0.05, 0) is 0 Å². The van der Waals surface area contributed by atoms with E-state index in [1.54, 1.807) is 0 Å². The van der Waals surface area contributed by atoms with Gasteiger partial charge in [-0.15, -0.1) is 0 Å². The van der Waals surface area contributed by atoms with E-state index in [0.717, 1.165) is 12.8 Å². The summed E-state index contributed by atoms with van der Waals surface area (Å²) in [6.07, 6.45) is 2.06. The zero-order chi connectivity index (χ0) is 8.27. The molecule has 1 aromatic rings. The largest absolute Gasteiger partial charge is 1.00 e. The maximum atomic E-state index is 5.86. The molecule has 2 nitrogen and oxygen atoms in total. The monoisotopic (exact) mass is 274 g/mol. The van der Waals surface area contributed by atoms with Crippen LogP contribution in [-0.2, 0) is 12.8 Å². The van der Waals surface area contributed by atoms with Gasteiger partial charge in [0.1, 0.15) is 0 Å². The van der Waals surface area contributed by atoms with Crippen LogP contribution in [0.25, 0.3) is 0 Å². The van der Waals surface area contributed by atoms with Crippen molar-refractivity contribution in [2.75, 3.05) is 0 Å². The zero-order valence-corrected chi connectivity index (χ0v) is 10.3. The summed E-state index contributed by atoms with van der Waals surface area (Å²) in [6, 6.07) is 0. The molecule has 2 N–H and O–H groups in total. The van der Waals surface area contributed by atoms with Crippen LogP contribution in [0, 0.1) is 0 Å². The number of rotatable bonds is 3. The Labute approximate surface area is 89.3 Å². The van der Waals surface area contributed by atoms with E-state index in [0.29, 0.717) is 0 Å². The molecule has 1 aromatic heterocycles. The third-order valence-corrected chi connectivity index (χ3v) is 3.86. The van der Waals surface area contributed by atoms with E-state index >= 15 is 0 Å². The molecule has 0 aromatic carbocycles. The fourth-order valence-corrected chi connectivity index (χ4v) is 3.22. The van der Waals surface area contributed by atoms with E-state index < -0.39 is 0 Å². The zero-order valence-electron chi connectivity index (χ0n) is 7.08. The van der Waals surface area contributed by atoms with Gasteiger partial charge in [0.25, 0.3) is 0 Å². The molecule has 0 radical (unpaired) electrons. The topological polar surface area (TPSA) is 29.9 Å².